The van der Waals surface area contributed by atoms with E-state index in [0.29, 0.717) is 13.2 Å². The number of nitrogens with one attached hydrogen (secondary N) is 1. The predicted molar refractivity (Wildman–Crippen MR) is 63.5 cm³/mol. The summed E-state index contributed by atoms with van der Waals surface area (Å²) in [5, 5.41) is 7.80. The van der Waals surface area contributed by atoms with Crippen molar-refractivity contribution >= 4 is 21.7 Å². The third kappa shape index (κ3) is 3.53. The van der Waals surface area contributed by atoms with Gasteiger partial charge in [0.05, 0.1) is 19.5 Å². The Kier molecular flexibility index (Phi) is 3.43. The van der Waals surface area contributed by atoms with Crippen molar-refractivity contribution < 1.29 is 13.2 Å². The Labute approximate surface area is 99.8 Å². The third-order valence-electron chi connectivity index (χ3n) is 2.28. The van der Waals surface area contributed by atoms with Crippen LogP contribution >= 0.6 is 0 Å². The molecule has 0 aliphatic carbocycles. The zero-order valence-corrected chi connectivity index (χ0v) is 10.3. The van der Waals surface area contributed by atoms with Gasteiger partial charge < -0.3 is 9.64 Å². The monoisotopic (exact) mass is 258 g/mol. The molecule has 0 atom stereocenters. The van der Waals surface area contributed by atoms with Crippen molar-refractivity contribution in [2.75, 3.05) is 42.2 Å². The second-order valence-electron chi connectivity index (χ2n) is 3.75. The summed E-state index contributed by atoms with van der Waals surface area (Å²) in [6.07, 6.45) is 1.07. The highest BCUT2D eigenvalue weighted by Gasteiger charge is 2.13. The highest BCUT2D eigenvalue weighted by Crippen LogP contribution is 2.13. The van der Waals surface area contributed by atoms with Gasteiger partial charge in [0.1, 0.15) is 0 Å². The zero-order valence-electron chi connectivity index (χ0n) is 9.46. The van der Waals surface area contributed by atoms with Crippen LogP contribution in [0.2, 0.25) is 0 Å². The van der Waals surface area contributed by atoms with Gasteiger partial charge in [-0.05, 0) is 12.1 Å². The van der Waals surface area contributed by atoms with E-state index in [1.165, 1.54) is 0 Å². The molecular weight excluding hydrogens is 244 g/mol. The zero-order chi connectivity index (χ0) is 12.3. The molecule has 0 saturated carbocycles. The summed E-state index contributed by atoms with van der Waals surface area (Å²) in [6, 6.07) is 3.34. The molecule has 0 bridgehead atoms. The Balaban J connectivity index is 2.07. The number of anilines is 2. The van der Waals surface area contributed by atoms with Crippen molar-refractivity contribution in [2.45, 2.75) is 0 Å². The van der Waals surface area contributed by atoms with E-state index in [4.69, 9.17) is 4.74 Å². The predicted octanol–water partition coefficient (Wildman–Crippen LogP) is -0.315. The number of ether oxygens (including phenoxy) is 1. The molecule has 0 amide bonds. The summed E-state index contributed by atoms with van der Waals surface area (Å²) < 4.78 is 29.5. The first-order valence-corrected chi connectivity index (χ1v) is 7.08. The summed E-state index contributed by atoms with van der Waals surface area (Å²) in [5.41, 5.74) is 0. The summed E-state index contributed by atoms with van der Waals surface area (Å²) in [4.78, 5) is 2.04. The van der Waals surface area contributed by atoms with E-state index in [-0.39, 0.29) is 5.82 Å². The van der Waals surface area contributed by atoms with E-state index in [0.717, 1.165) is 25.2 Å². The van der Waals surface area contributed by atoms with Crippen LogP contribution in [0.4, 0.5) is 11.6 Å². The van der Waals surface area contributed by atoms with Crippen molar-refractivity contribution in [2.24, 2.45) is 0 Å². The molecule has 1 aliphatic rings. The quantitative estimate of drug-likeness (QED) is 0.800. The first-order chi connectivity index (χ1) is 8.04. The molecule has 1 N–H and O–H groups in total. The van der Waals surface area contributed by atoms with Gasteiger partial charge >= 0.3 is 0 Å². The largest absolute Gasteiger partial charge is 0.378 e. The lowest BCUT2D eigenvalue weighted by atomic mass is 10.4. The van der Waals surface area contributed by atoms with Gasteiger partial charge in [-0.3, -0.25) is 4.72 Å². The van der Waals surface area contributed by atoms with Crippen LogP contribution in [0.15, 0.2) is 12.1 Å². The lowest BCUT2D eigenvalue weighted by Gasteiger charge is -2.27. The molecule has 0 aromatic carbocycles. The molecule has 2 heterocycles. The van der Waals surface area contributed by atoms with Crippen molar-refractivity contribution in [1.82, 2.24) is 10.2 Å². The molecule has 8 heteroatoms. The smallest absolute Gasteiger partial charge is 0.231 e. The maximum atomic E-state index is 11.0. The number of nitrogens with zero attached hydrogens (tertiary/aromatic N) is 3. The van der Waals surface area contributed by atoms with Gasteiger partial charge in [-0.1, -0.05) is 0 Å². The topological polar surface area (TPSA) is 84.4 Å². The number of hydrogen-bond donors (Lipinski definition) is 1. The fourth-order valence-corrected chi connectivity index (χ4v) is 2.02. The Hall–Kier alpha value is -1.41. The standard InChI is InChI=1S/C9H14N4O3S/c1-17(14,15)12-8-2-3-9(11-10-8)13-4-6-16-7-5-13/h2-3H,4-7H2,1H3,(H,10,12). The van der Waals surface area contributed by atoms with Crippen molar-refractivity contribution in [3.05, 3.63) is 12.1 Å². The van der Waals surface area contributed by atoms with Crippen LogP contribution in [0.25, 0.3) is 0 Å². The van der Waals surface area contributed by atoms with Gasteiger partial charge in [0.15, 0.2) is 11.6 Å². The van der Waals surface area contributed by atoms with Gasteiger partial charge in [0.25, 0.3) is 0 Å². The Morgan fingerprint density at radius 1 is 1.29 bits per heavy atom. The van der Waals surface area contributed by atoms with Gasteiger partial charge in [-0.15, -0.1) is 10.2 Å². The third-order valence-corrected chi connectivity index (χ3v) is 2.86. The minimum Gasteiger partial charge on any atom is -0.378 e. The van der Waals surface area contributed by atoms with E-state index in [9.17, 15) is 8.42 Å². The summed E-state index contributed by atoms with van der Waals surface area (Å²) >= 11 is 0. The molecular formula is C9H14N4O3S. The van der Waals surface area contributed by atoms with Gasteiger partial charge in [-0.2, -0.15) is 0 Å². The van der Waals surface area contributed by atoms with Crippen LogP contribution in [0.5, 0.6) is 0 Å². The number of hydrogen-bond acceptors (Lipinski definition) is 6. The first kappa shape index (κ1) is 12.1. The maximum absolute atomic E-state index is 11.0. The van der Waals surface area contributed by atoms with Crippen molar-refractivity contribution in [3.63, 3.8) is 0 Å². The average molecular weight is 258 g/mol. The highest BCUT2D eigenvalue weighted by atomic mass is 32.2. The fraction of sp³-hybridized carbons (Fsp3) is 0.556. The lowest BCUT2D eigenvalue weighted by Crippen LogP contribution is -2.36. The molecule has 1 saturated heterocycles. The minimum absolute atomic E-state index is 0.226. The van der Waals surface area contributed by atoms with Crippen LogP contribution in [0, 0.1) is 0 Å². The Morgan fingerprint density at radius 2 is 2.00 bits per heavy atom. The summed E-state index contributed by atoms with van der Waals surface area (Å²) in [5.74, 6) is 0.955. The van der Waals surface area contributed by atoms with E-state index < -0.39 is 10.0 Å². The van der Waals surface area contributed by atoms with E-state index >= 15 is 0 Å². The van der Waals surface area contributed by atoms with Crippen LogP contribution in [0.1, 0.15) is 0 Å². The van der Waals surface area contributed by atoms with E-state index in [1.807, 2.05) is 4.90 Å². The number of aromatic nitrogens is 2. The molecule has 0 spiro atoms. The molecule has 0 unspecified atom stereocenters. The SMILES string of the molecule is CS(=O)(=O)Nc1ccc(N2CCOCC2)nn1. The number of rotatable bonds is 3. The van der Waals surface area contributed by atoms with Crippen LogP contribution < -0.4 is 9.62 Å². The number of sulfonamides is 1. The van der Waals surface area contributed by atoms with Gasteiger partial charge in [0.2, 0.25) is 10.0 Å². The molecule has 2 rings (SSSR count). The van der Waals surface area contributed by atoms with Crippen LogP contribution in [0.3, 0.4) is 0 Å². The second kappa shape index (κ2) is 4.84. The molecule has 1 aliphatic heterocycles. The minimum atomic E-state index is -3.30. The van der Waals surface area contributed by atoms with Crippen molar-refractivity contribution in [1.29, 1.82) is 0 Å². The molecule has 1 fully saturated rings. The second-order valence-corrected chi connectivity index (χ2v) is 5.50. The van der Waals surface area contributed by atoms with Gasteiger partial charge in [-0.25, -0.2) is 8.42 Å². The van der Waals surface area contributed by atoms with E-state index in [1.54, 1.807) is 12.1 Å². The highest BCUT2D eigenvalue weighted by molar-refractivity contribution is 7.92. The Bertz CT molecular complexity index is 468. The van der Waals surface area contributed by atoms with Gasteiger partial charge in [0, 0.05) is 13.1 Å². The number of morpholine rings is 1. The summed E-state index contributed by atoms with van der Waals surface area (Å²) in [7, 11) is -3.30. The molecule has 1 aromatic heterocycles. The molecule has 0 radical (unpaired) electrons. The molecule has 17 heavy (non-hydrogen) atoms. The molecule has 1 aromatic rings. The van der Waals surface area contributed by atoms with Crippen LogP contribution in [-0.2, 0) is 14.8 Å². The van der Waals surface area contributed by atoms with Crippen molar-refractivity contribution in [3.8, 4) is 0 Å². The average Bonchev–Trinajstić information content (AvgIpc) is 2.29. The fourth-order valence-electron chi connectivity index (χ4n) is 1.53. The maximum Gasteiger partial charge on any atom is 0.231 e. The molecule has 94 valence electrons. The van der Waals surface area contributed by atoms with E-state index in [2.05, 4.69) is 14.9 Å². The van der Waals surface area contributed by atoms with Crippen LogP contribution in [-0.4, -0.2) is 51.2 Å². The normalized spacial score (nSPS) is 16.9. The molecule has 7 nitrogen and oxygen atoms in total. The Morgan fingerprint density at radius 3 is 2.53 bits per heavy atom. The lowest BCUT2D eigenvalue weighted by molar-refractivity contribution is 0.122. The first-order valence-electron chi connectivity index (χ1n) is 5.19. The summed E-state index contributed by atoms with van der Waals surface area (Å²) in [6.45, 7) is 2.89.